The van der Waals surface area contributed by atoms with Crippen molar-refractivity contribution >= 4 is 21.6 Å². The number of unbranched alkanes of at least 4 members (excludes halogenated alkanes) is 22. The van der Waals surface area contributed by atoms with Gasteiger partial charge in [0.15, 0.2) is 5.78 Å². The zero-order valence-corrected chi connectivity index (χ0v) is 33.2. The monoisotopic (exact) mass is 694 g/mol. The first-order chi connectivity index (χ1) is 23.0. The van der Waals surface area contributed by atoms with Crippen LogP contribution in [0.4, 0.5) is 0 Å². The number of Topliss-reactive ketones (excluding diaryl/α,β-unsaturated/α-hetero) is 2. The summed E-state index contributed by atoms with van der Waals surface area (Å²) in [5, 5.41) is 4.19. The minimum absolute atomic E-state index is 0.142. The second kappa shape index (κ2) is 30.5. The van der Waals surface area contributed by atoms with Gasteiger partial charge in [-0.15, -0.1) is 0 Å². The molecular weight excluding hydrogens is 615 g/mol. The maximum atomic E-state index is 13.4. The molecule has 282 valence electrons. The van der Waals surface area contributed by atoms with E-state index in [1.54, 1.807) is 0 Å². The van der Waals surface area contributed by atoms with E-state index in [1.807, 2.05) is 20.8 Å². The Labute approximate surface area is 299 Å². The number of hydrogen-bond acceptors (Lipinski definition) is 4. The summed E-state index contributed by atoms with van der Waals surface area (Å²) >= 11 is 0. The first-order valence-corrected chi connectivity index (χ1v) is 21.9. The third-order valence-corrected chi connectivity index (χ3v) is 10.9. The summed E-state index contributed by atoms with van der Waals surface area (Å²) in [5.74, 6) is -1.45. The van der Waals surface area contributed by atoms with Crippen molar-refractivity contribution in [3.05, 3.63) is 24.3 Å². The number of ketones is 2. The molecule has 0 aromatic carbocycles. The number of allylic oxidation sites excluding steroid dienone is 4. The lowest BCUT2D eigenvalue weighted by atomic mass is 9.73. The van der Waals surface area contributed by atoms with E-state index in [4.69, 9.17) is 5.14 Å². The zero-order valence-electron chi connectivity index (χ0n) is 32.4. The molecule has 6 heteroatoms. The second-order valence-corrected chi connectivity index (χ2v) is 17.1. The Morgan fingerprint density at radius 2 is 0.792 bits per heavy atom. The lowest BCUT2D eigenvalue weighted by Gasteiger charge is -2.34. The Hall–Kier alpha value is -1.27. The van der Waals surface area contributed by atoms with Crippen molar-refractivity contribution in [2.75, 3.05) is 0 Å². The standard InChI is InChI=1S/C42H79NO4S/c1-6-8-10-12-14-16-18-20-22-24-26-28-30-32-34-36-38(44)40(42(3,4)5)41(48(43,46)47)39(45)37-35-33-31-29-27-25-23-21-19-17-15-13-11-9-7-2/h20-23,40-41H,6-19,24-37H2,1-5H3,(H2,43,46,47)/b22-20-,23-21-. The van der Waals surface area contributed by atoms with E-state index in [0.717, 1.165) is 70.6 Å². The highest BCUT2D eigenvalue weighted by Gasteiger charge is 2.46. The smallest absolute Gasteiger partial charge is 0.219 e. The van der Waals surface area contributed by atoms with Gasteiger partial charge >= 0.3 is 0 Å². The number of nitrogens with two attached hydrogens (primary N) is 1. The minimum atomic E-state index is -4.21. The van der Waals surface area contributed by atoms with Crippen LogP contribution < -0.4 is 5.14 Å². The molecule has 0 aliphatic heterocycles. The molecule has 2 unspecified atom stereocenters. The molecular formula is C42H79NO4S. The summed E-state index contributed by atoms with van der Waals surface area (Å²) in [7, 11) is -4.21. The third kappa shape index (κ3) is 26.6. The molecule has 2 N–H and O–H groups in total. The fraction of sp³-hybridized carbons (Fsp3) is 0.857. The van der Waals surface area contributed by atoms with Gasteiger partial charge in [0.05, 0.1) is 0 Å². The first-order valence-electron chi connectivity index (χ1n) is 20.3. The molecule has 0 aliphatic rings. The quantitative estimate of drug-likeness (QED) is 0.0536. The van der Waals surface area contributed by atoms with Gasteiger partial charge in [-0.3, -0.25) is 9.59 Å². The summed E-state index contributed by atoms with van der Waals surface area (Å²) < 4.78 is 25.5. The predicted octanol–water partition coefficient (Wildman–Crippen LogP) is 12.5. The van der Waals surface area contributed by atoms with E-state index in [2.05, 4.69) is 38.2 Å². The van der Waals surface area contributed by atoms with Crippen LogP contribution in [0.25, 0.3) is 0 Å². The molecule has 0 aliphatic carbocycles. The van der Waals surface area contributed by atoms with Crippen molar-refractivity contribution in [1.82, 2.24) is 0 Å². The number of carbonyl (C=O) groups excluding carboxylic acids is 2. The molecule has 0 fully saturated rings. The third-order valence-electron chi connectivity index (χ3n) is 9.62. The van der Waals surface area contributed by atoms with E-state index < -0.39 is 32.4 Å². The zero-order chi connectivity index (χ0) is 35.9. The summed E-state index contributed by atoms with van der Waals surface area (Å²) in [6, 6.07) is 0. The van der Waals surface area contributed by atoms with Crippen LogP contribution in [0.1, 0.15) is 214 Å². The Balaban J connectivity index is 4.41. The average molecular weight is 694 g/mol. The molecule has 0 aromatic rings. The van der Waals surface area contributed by atoms with Crippen molar-refractivity contribution in [1.29, 1.82) is 0 Å². The average Bonchev–Trinajstić information content (AvgIpc) is 3.02. The Morgan fingerprint density at radius 3 is 1.10 bits per heavy atom. The van der Waals surface area contributed by atoms with Crippen LogP contribution in [-0.4, -0.2) is 25.2 Å². The van der Waals surface area contributed by atoms with Crippen LogP contribution in [0.15, 0.2) is 24.3 Å². The van der Waals surface area contributed by atoms with Gasteiger partial charge in [-0.2, -0.15) is 0 Å². The van der Waals surface area contributed by atoms with Gasteiger partial charge in [0, 0.05) is 18.8 Å². The van der Waals surface area contributed by atoms with Crippen molar-refractivity contribution in [2.24, 2.45) is 16.5 Å². The summed E-state index contributed by atoms with van der Waals surface area (Å²) in [6.07, 6.45) is 40.0. The maximum absolute atomic E-state index is 13.4. The normalized spacial score (nSPS) is 13.9. The molecule has 5 nitrogen and oxygen atoms in total. The number of primary sulfonamides is 1. The van der Waals surface area contributed by atoms with E-state index in [-0.39, 0.29) is 12.2 Å². The van der Waals surface area contributed by atoms with E-state index >= 15 is 0 Å². The highest BCUT2D eigenvalue weighted by Crippen LogP contribution is 2.35. The van der Waals surface area contributed by atoms with Crippen LogP contribution in [0.2, 0.25) is 0 Å². The van der Waals surface area contributed by atoms with E-state index in [9.17, 15) is 18.0 Å². The molecule has 0 spiro atoms. The van der Waals surface area contributed by atoms with Gasteiger partial charge in [0.1, 0.15) is 11.0 Å². The van der Waals surface area contributed by atoms with Crippen LogP contribution in [0, 0.1) is 11.3 Å². The van der Waals surface area contributed by atoms with Gasteiger partial charge in [-0.05, 0) is 69.6 Å². The van der Waals surface area contributed by atoms with Crippen molar-refractivity contribution in [3.63, 3.8) is 0 Å². The van der Waals surface area contributed by atoms with Gasteiger partial charge in [0.2, 0.25) is 10.0 Å². The molecule has 0 aromatic heterocycles. The second-order valence-electron chi connectivity index (χ2n) is 15.5. The van der Waals surface area contributed by atoms with Crippen LogP contribution >= 0.6 is 0 Å². The predicted molar refractivity (Wildman–Crippen MR) is 209 cm³/mol. The highest BCUT2D eigenvalue weighted by molar-refractivity contribution is 7.90. The molecule has 0 heterocycles. The fourth-order valence-electron chi connectivity index (χ4n) is 6.70. The maximum Gasteiger partial charge on any atom is 0.219 e. The topological polar surface area (TPSA) is 94.3 Å². The number of hydrogen-bond donors (Lipinski definition) is 1. The van der Waals surface area contributed by atoms with Crippen molar-refractivity contribution in [3.8, 4) is 0 Å². The number of sulfonamides is 1. The molecule has 0 amide bonds. The van der Waals surface area contributed by atoms with Gasteiger partial charge in [0.25, 0.3) is 0 Å². The molecule has 0 saturated carbocycles. The number of carbonyl (C=O) groups is 2. The van der Waals surface area contributed by atoms with Crippen LogP contribution in [-0.2, 0) is 19.6 Å². The summed E-state index contributed by atoms with van der Waals surface area (Å²) in [5.41, 5.74) is -0.672. The Kier molecular flexibility index (Phi) is 29.7. The van der Waals surface area contributed by atoms with E-state index in [0.29, 0.717) is 12.8 Å². The molecule has 0 saturated heterocycles. The minimum Gasteiger partial charge on any atom is -0.299 e. The van der Waals surface area contributed by atoms with Gasteiger partial charge < -0.3 is 0 Å². The van der Waals surface area contributed by atoms with E-state index in [1.165, 1.54) is 89.9 Å². The van der Waals surface area contributed by atoms with Crippen molar-refractivity contribution in [2.45, 2.75) is 220 Å². The van der Waals surface area contributed by atoms with Crippen LogP contribution in [0.5, 0.6) is 0 Å². The molecule has 2 atom stereocenters. The fourth-order valence-corrected chi connectivity index (χ4v) is 8.13. The molecule has 48 heavy (non-hydrogen) atoms. The lowest BCUT2D eigenvalue weighted by molar-refractivity contribution is -0.131. The van der Waals surface area contributed by atoms with Gasteiger partial charge in [-0.1, -0.05) is 162 Å². The first kappa shape index (κ1) is 46.7. The highest BCUT2D eigenvalue weighted by atomic mass is 32.2. The summed E-state index contributed by atoms with van der Waals surface area (Å²) in [6.45, 7) is 10.1. The SMILES string of the molecule is CCCCCCCC/C=C\CCCCCCCC(=O)C(C(C(=O)CCCCCCC/C=C\CCCCCCCC)S(N)(=O)=O)C(C)(C)C. The summed E-state index contributed by atoms with van der Waals surface area (Å²) in [4.78, 5) is 26.7. The Morgan fingerprint density at radius 1 is 0.500 bits per heavy atom. The van der Waals surface area contributed by atoms with Crippen molar-refractivity contribution < 1.29 is 18.0 Å². The van der Waals surface area contributed by atoms with Crippen LogP contribution in [0.3, 0.4) is 0 Å². The largest absolute Gasteiger partial charge is 0.299 e. The van der Waals surface area contributed by atoms with Gasteiger partial charge in [-0.25, -0.2) is 13.6 Å². The number of rotatable bonds is 34. The molecule has 0 rings (SSSR count). The molecule has 0 radical (unpaired) electrons. The Bertz CT molecular complexity index is 947. The molecule has 0 bridgehead atoms. The lowest BCUT2D eigenvalue weighted by Crippen LogP contribution is -2.49.